The van der Waals surface area contributed by atoms with Crippen LogP contribution in [0.5, 0.6) is 0 Å². The number of hydrogen-bond acceptors (Lipinski definition) is 4. The Morgan fingerprint density at radius 1 is 1.13 bits per heavy atom. The number of amides is 1. The Bertz CT molecular complexity index is 1150. The first-order valence-electron chi connectivity index (χ1n) is 9.80. The molecule has 0 radical (unpaired) electrons. The number of carbonyl (C=O) groups is 1. The number of H-pyrrole nitrogens is 1. The van der Waals surface area contributed by atoms with Gasteiger partial charge in [0.2, 0.25) is 5.91 Å². The molecule has 2 N–H and O–H groups in total. The van der Waals surface area contributed by atoms with Crippen LogP contribution in [-0.4, -0.2) is 38.0 Å². The van der Waals surface area contributed by atoms with Crippen molar-refractivity contribution < 1.29 is 4.79 Å². The largest absolute Gasteiger partial charge is 0.361 e. The number of thioether (sulfide) groups is 1. The fraction of sp³-hybridized carbons (Fsp3) is 0.174. The van der Waals surface area contributed by atoms with Gasteiger partial charge in [0.05, 0.1) is 5.75 Å². The number of benzene rings is 2. The maximum Gasteiger partial charge on any atom is 0.230 e. The molecule has 0 fully saturated rings. The monoisotopic (exact) mass is 417 g/mol. The molecule has 4 aromatic rings. The van der Waals surface area contributed by atoms with Crippen LogP contribution in [0.25, 0.3) is 22.3 Å². The molecule has 0 aliphatic carbocycles. The van der Waals surface area contributed by atoms with Gasteiger partial charge in [-0.25, -0.2) is 0 Å². The van der Waals surface area contributed by atoms with Crippen LogP contribution < -0.4 is 5.32 Å². The van der Waals surface area contributed by atoms with Crippen molar-refractivity contribution in [3.63, 3.8) is 0 Å². The summed E-state index contributed by atoms with van der Waals surface area (Å²) in [4.78, 5) is 15.6. The Hall–Kier alpha value is -3.32. The van der Waals surface area contributed by atoms with Crippen molar-refractivity contribution in [2.45, 2.75) is 18.1 Å². The molecule has 0 unspecified atom stereocenters. The molecular weight excluding hydrogens is 394 g/mol. The Balaban J connectivity index is 1.33. The molecule has 0 bridgehead atoms. The standard InChI is InChI=1S/C23H23N5OS/c1-2-14-28-22(17-8-4-3-5-9-17)26-27-23(28)30-16-21(29)24-13-12-18-15-25-20-11-7-6-10-19(18)20/h2-11,15,25H,1,12-14,16H2,(H,24,29). The van der Waals surface area contributed by atoms with Crippen LogP contribution >= 0.6 is 11.8 Å². The van der Waals surface area contributed by atoms with Gasteiger partial charge in [0, 0.05) is 35.8 Å². The maximum atomic E-state index is 12.3. The van der Waals surface area contributed by atoms with Crippen LogP contribution in [0.4, 0.5) is 0 Å². The Kier molecular flexibility index (Phi) is 6.29. The fourth-order valence-corrected chi connectivity index (χ4v) is 4.12. The molecule has 0 aliphatic rings. The van der Waals surface area contributed by atoms with E-state index in [1.165, 1.54) is 22.7 Å². The minimum Gasteiger partial charge on any atom is -0.361 e. The minimum atomic E-state index is -0.0192. The lowest BCUT2D eigenvalue weighted by Crippen LogP contribution is -2.27. The highest BCUT2D eigenvalue weighted by Crippen LogP contribution is 2.24. The normalized spacial score (nSPS) is 10.9. The molecule has 2 aromatic carbocycles. The van der Waals surface area contributed by atoms with Crippen molar-refractivity contribution in [2.75, 3.05) is 12.3 Å². The van der Waals surface area contributed by atoms with Crippen LogP contribution in [0, 0.1) is 0 Å². The zero-order valence-corrected chi connectivity index (χ0v) is 17.4. The maximum absolute atomic E-state index is 12.3. The van der Waals surface area contributed by atoms with Crippen LogP contribution in [0.3, 0.4) is 0 Å². The second-order valence-corrected chi connectivity index (χ2v) is 7.76. The second-order valence-electron chi connectivity index (χ2n) is 6.82. The summed E-state index contributed by atoms with van der Waals surface area (Å²) in [7, 11) is 0. The van der Waals surface area contributed by atoms with E-state index in [0.29, 0.717) is 18.2 Å². The van der Waals surface area contributed by atoms with E-state index in [-0.39, 0.29) is 11.7 Å². The van der Waals surface area contributed by atoms with E-state index in [4.69, 9.17) is 0 Å². The van der Waals surface area contributed by atoms with E-state index < -0.39 is 0 Å². The van der Waals surface area contributed by atoms with Gasteiger partial charge >= 0.3 is 0 Å². The highest BCUT2D eigenvalue weighted by atomic mass is 32.2. The van der Waals surface area contributed by atoms with Gasteiger partial charge in [-0.2, -0.15) is 0 Å². The first-order valence-corrected chi connectivity index (χ1v) is 10.8. The van der Waals surface area contributed by atoms with Crippen molar-refractivity contribution in [3.05, 3.63) is 79.0 Å². The molecule has 0 aliphatic heterocycles. The number of fused-ring (bicyclic) bond motifs is 1. The molecule has 2 heterocycles. The topological polar surface area (TPSA) is 75.6 Å². The number of aromatic nitrogens is 4. The third kappa shape index (κ3) is 4.46. The first-order chi connectivity index (χ1) is 14.8. The molecule has 152 valence electrons. The quantitative estimate of drug-likeness (QED) is 0.318. The smallest absolute Gasteiger partial charge is 0.230 e. The van der Waals surface area contributed by atoms with E-state index in [1.54, 1.807) is 6.08 Å². The average molecular weight is 418 g/mol. The number of para-hydroxylation sites is 1. The summed E-state index contributed by atoms with van der Waals surface area (Å²) in [6.45, 7) is 5.00. The molecule has 2 aromatic heterocycles. The van der Waals surface area contributed by atoms with E-state index in [2.05, 4.69) is 39.2 Å². The van der Waals surface area contributed by atoms with Crippen molar-refractivity contribution in [1.82, 2.24) is 25.1 Å². The number of allylic oxidation sites excluding steroid dienone is 1. The van der Waals surface area contributed by atoms with Crippen molar-refractivity contribution >= 4 is 28.6 Å². The summed E-state index contributed by atoms with van der Waals surface area (Å²) >= 11 is 1.38. The third-order valence-corrected chi connectivity index (χ3v) is 5.75. The molecule has 0 atom stereocenters. The lowest BCUT2D eigenvalue weighted by molar-refractivity contribution is -0.118. The first kappa shape index (κ1) is 20.0. The zero-order chi connectivity index (χ0) is 20.8. The molecule has 7 heteroatoms. The molecule has 4 rings (SSSR count). The third-order valence-electron chi connectivity index (χ3n) is 4.78. The number of nitrogens with zero attached hydrogens (tertiary/aromatic N) is 3. The average Bonchev–Trinajstić information content (AvgIpc) is 3.37. The Morgan fingerprint density at radius 2 is 1.93 bits per heavy atom. The highest BCUT2D eigenvalue weighted by Gasteiger charge is 2.14. The minimum absolute atomic E-state index is 0.0192. The van der Waals surface area contributed by atoms with Crippen LogP contribution in [0.1, 0.15) is 5.56 Å². The SMILES string of the molecule is C=CCn1c(SCC(=O)NCCc2c[nH]c3ccccc23)nnc1-c1ccccc1. The zero-order valence-electron chi connectivity index (χ0n) is 16.5. The molecule has 1 amide bonds. The molecular formula is C23H23N5OS. The Labute approximate surface area is 179 Å². The number of nitrogens with one attached hydrogen (secondary N) is 2. The second kappa shape index (κ2) is 9.45. The lowest BCUT2D eigenvalue weighted by Gasteiger charge is -2.08. The van der Waals surface area contributed by atoms with E-state index in [9.17, 15) is 4.79 Å². The van der Waals surface area contributed by atoms with Crippen LogP contribution in [0.2, 0.25) is 0 Å². The van der Waals surface area contributed by atoms with Crippen molar-refractivity contribution in [2.24, 2.45) is 0 Å². The van der Waals surface area contributed by atoms with E-state index >= 15 is 0 Å². The van der Waals surface area contributed by atoms with Gasteiger partial charge in [-0.15, -0.1) is 16.8 Å². The molecule has 0 saturated carbocycles. The molecule has 0 spiro atoms. The van der Waals surface area contributed by atoms with Crippen LogP contribution in [-0.2, 0) is 17.8 Å². The van der Waals surface area contributed by atoms with E-state index in [0.717, 1.165) is 23.3 Å². The van der Waals surface area contributed by atoms with Crippen LogP contribution in [0.15, 0.2) is 78.6 Å². The molecule has 30 heavy (non-hydrogen) atoms. The molecule has 0 saturated heterocycles. The number of carbonyl (C=O) groups excluding carboxylic acids is 1. The van der Waals surface area contributed by atoms with Gasteiger partial charge in [0.1, 0.15) is 0 Å². The summed E-state index contributed by atoms with van der Waals surface area (Å²) in [6, 6.07) is 18.1. The van der Waals surface area contributed by atoms with Gasteiger partial charge in [0.25, 0.3) is 0 Å². The predicted octanol–water partition coefficient (Wildman–Crippen LogP) is 4.06. The predicted molar refractivity (Wildman–Crippen MR) is 121 cm³/mol. The number of rotatable bonds is 9. The van der Waals surface area contributed by atoms with Gasteiger partial charge in [0.15, 0.2) is 11.0 Å². The van der Waals surface area contributed by atoms with Gasteiger partial charge in [-0.05, 0) is 18.1 Å². The van der Waals surface area contributed by atoms with Crippen molar-refractivity contribution in [3.8, 4) is 11.4 Å². The van der Waals surface area contributed by atoms with Gasteiger partial charge < -0.3 is 10.3 Å². The highest BCUT2D eigenvalue weighted by molar-refractivity contribution is 7.99. The summed E-state index contributed by atoms with van der Waals surface area (Å²) in [5.74, 6) is 1.05. The summed E-state index contributed by atoms with van der Waals surface area (Å²) in [5, 5.41) is 13.5. The number of hydrogen-bond donors (Lipinski definition) is 2. The Morgan fingerprint density at radius 3 is 2.77 bits per heavy atom. The summed E-state index contributed by atoms with van der Waals surface area (Å²) in [5.41, 5.74) is 3.31. The van der Waals surface area contributed by atoms with E-state index in [1.807, 2.05) is 53.2 Å². The van der Waals surface area contributed by atoms with Gasteiger partial charge in [-0.1, -0.05) is 66.4 Å². The number of aromatic amines is 1. The van der Waals surface area contributed by atoms with Crippen molar-refractivity contribution in [1.29, 1.82) is 0 Å². The molecule has 6 nitrogen and oxygen atoms in total. The fourth-order valence-electron chi connectivity index (χ4n) is 3.35. The summed E-state index contributed by atoms with van der Waals surface area (Å²) < 4.78 is 1.98. The summed E-state index contributed by atoms with van der Waals surface area (Å²) in [6.07, 6.45) is 4.60. The van der Waals surface area contributed by atoms with Gasteiger partial charge in [-0.3, -0.25) is 9.36 Å². The lowest BCUT2D eigenvalue weighted by atomic mass is 10.1.